The second-order valence-electron chi connectivity index (χ2n) is 5.00. The Bertz CT molecular complexity index is 266. The van der Waals surface area contributed by atoms with Crippen LogP contribution in [0, 0.1) is 11.3 Å². The molecule has 1 aliphatic heterocycles. The molecule has 0 aliphatic carbocycles. The first-order valence-electron chi connectivity index (χ1n) is 5.60. The van der Waals surface area contributed by atoms with Gasteiger partial charge in [0.25, 0.3) is 0 Å². The molecule has 1 heterocycles. The number of rotatable bonds is 3. The Morgan fingerprint density at radius 2 is 1.79 bits per heavy atom. The molecule has 0 aromatic heterocycles. The smallest absolute Gasteiger partial charge is 0.150 e. The predicted molar refractivity (Wildman–Crippen MR) is 60.1 cm³/mol. The van der Waals surface area contributed by atoms with Crippen molar-refractivity contribution < 1.29 is 8.42 Å². The highest BCUT2D eigenvalue weighted by Crippen LogP contribution is 2.40. The number of sulfone groups is 1. The van der Waals surface area contributed by atoms with Crippen molar-refractivity contribution in [1.82, 2.24) is 0 Å². The van der Waals surface area contributed by atoms with Gasteiger partial charge in [0.1, 0.15) is 9.84 Å². The van der Waals surface area contributed by atoms with Gasteiger partial charge in [-0.15, -0.1) is 0 Å². The minimum atomic E-state index is -2.70. The van der Waals surface area contributed by atoms with Gasteiger partial charge in [0, 0.05) is 0 Å². The van der Waals surface area contributed by atoms with Crippen LogP contribution in [-0.2, 0) is 9.84 Å². The van der Waals surface area contributed by atoms with Crippen molar-refractivity contribution >= 4 is 9.84 Å². The molecule has 1 rings (SSSR count). The van der Waals surface area contributed by atoms with Crippen molar-refractivity contribution in [1.29, 1.82) is 0 Å². The van der Waals surface area contributed by atoms with E-state index in [1.54, 1.807) is 0 Å². The molecular formula is C11H22O2S. The van der Waals surface area contributed by atoms with Gasteiger partial charge in [-0.2, -0.15) is 0 Å². The summed E-state index contributed by atoms with van der Waals surface area (Å²) < 4.78 is 22.6. The van der Waals surface area contributed by atoms with Crippen molar-refractivity contribution in [3.8, 4) is 0 Å². The fourth-order valence-corrected chi connectivity index (χ4v) is 4.04. The van der Waals surface area contributed by atoms with E-state index in [0.717, 1.165) is 12.8 Å². The van der Waals surface area contributed by atoms with Crippen molar-refractivity contribution in [3.05, 3.63) is 0 Å². The lowest BCUT2D eigenvalue weighted by molar-refractivity contribution is 0.168. The second kappa shape index (κ2) is 4.21. The van der Waals surface area contributed by atoms with Crippen LogP contribution in [0.2, 0.25) is 0 Å². The maximum absolute atomic E-state index is 11.3. The van der Waals surface area contributed by atoms with Crippen LogP contribution >= 0.6 is 0 Å². The molecule has 0 bridgehead atoms. The van der Waals surface area contributed by atoms with Crippen LogP contribution in [0.3, 0.4) is 0 Å². The van der Waals surface area contributed by atoms with E-state index >= 15 is 0 Å². The van der Waals surface area contributed by atoms with Gasteiger partial charge in [-0.1, -0.05) is 33.6 Å². The summed E-state index contributed by atoms with van der Waals surface area (Å²) in [5.74, 6) is 1.46. The summed E-state index contributed by atoms with van der Waals surface area (Å²) in [7, 11) is -2.70. The molecule has 14 heavy (non-hydrogen) atoms. The van der Waals surface area contributed by atoms with Crippen molar-refractivity contribution in [2.45, 2.75) is 46.5 Å². The summed E-state index contributed by atoms with van der Waals surface area (Å²) in [6, 6.07) is 0. The third-order valence-electron chi connectivity index (χ3n) is 3.88. The molecule has 0 aromatic carbocycles. The Kier molecular flexibility index (Phi) is 3.62. The molecule has 0 spiro atoms. The van der Waals surface area contributed by atoms with Crippen LogP contribution in [0.5, 0.6) is 0 Å². The first-order valence-corrected chi connectivity index (χ1v) is 7.42. The maximum Gasteiger partial charge on any atom is 0.150 e. The van der Waals surface area contributed by atoms with E-state index in [9.17, 15) is 8.42 Å². The molecule has 1 unspecified atom stereocenters. The molecule has 84 valence electrons. The van der Waals surface area contributed by atoms with Gasteiger partial charge in [0.15, 0.2) is 0 Å². The van der Waals surface area contributed by atoms with Crippen LogP contribution in [0.4, 0.5) is 0 Å². The van der Waals surface area contributed by atoms with E-state index in [-0.39, 0.29) is 5.41 Å². The van der Waals surface area contributed by atoms with Gasteiger partial charge in [-0.3, -0.25) is 0 Å². The molecular weight excluding hydrogens is 196 g/mol. The molecule has 2 nitrogen and oxygen atoms in total. The van der Waals surface area contributed by atoms with Gasteiger partial charge in [-0.05, 0) is 24.2 Å². The maximum atomic E-state index is 11.3. The predicted octanol–water partition coefficient (Wildman–Crippen LogP) is 2.64. The normalized spacial score (nSPS) is 27.1. The average Bonchev–Trinajstić information content (AvgIpc) is 2.11. The third kappa shape index (κ3) is 2.72. The van der Waals surface area contributed by atoms with E-state index < -0.39 is 9.84 Å². The lowest BCUT2D eigenvalue weighted by atomic mass is 9.72. The summed E-state index contributed by atoms with van der Waals surface area (Å²) in [6.45, 7) is 6.71. The second-order valence-corrected chi connectivity index (χ2v) is 7.30. The first-order chi connectivity index (χ1) is 6.40. The van der Waals surface area contributed by atoms with Gasteiger partial charge < -0.3 is 0 Å². The summed E-state index contributed by atoms with van der Waals surface area (Å²) in [4.78, 5) is 0. The molecule has 1 saturated heterocycles. The highest BCUT2D eigenvalue weighted by molar-refractivity contribution is 7.91. The molecule has 0 amide bonds. The van der Waals surface area contributed by atoms with E-state index in [0.29, 0.717) is 17.4 Å². The Morgan fingerprint density at radius 3 is 2.21 bits per heavy atom. The zero-order valence-electron chi connectivity index (χ0n) is 9.54. The lowest BCUT2D eigenvalue weighted by Crippen LogP contribution is -2.35. The van der Waals surface area contributed by atoms with Crippen LogP contribution in [0.25, 0.3) is 0 Å². The molecule has 1 atom stereocenters. The van der Waals surface area contributed by atoms with Gasteiger partial charge >= 0.3 is 0 Å². The van der Waals surface area contributed by atoms with Crippen molar-refractivity contribution in [2.75, 3.05) is 11.5 Å². The number of hydrogen-bond donors (Lipinski definition) is 0. The summed E-state index contributed by atoms with van der Waals surface area (Å²) in [5.41, 5.74) is 0.265. The van der Waals surface area contributed by atoms with Crippen molar-refractivity contribution in [2.24, 2.45) is 11.3 Å². The van der Waals surface area contributed by atoms with Gasteiger partial charge in [0.2, 0.25) is 0 Å². The molecule has 3 heteroatoms. The zero-order valence-corrected chi connectivity index (χ0v) is 10.4. The highest BCUT2D eigenvalue weighted by atomic mass is 32.2. The Hall–Kier alpha value is -0.0500. The average molecular weight is 218 g/mol. The summed E-state index contributed by atoms with van der Waals surface area (Å²) in [5, 5.41) is 0. The van der Waals surface area contributed by atoms with Crippen LogP contribution in [0.15, 0.2) is 0 Å². The standard InChI is InChI=1S/C11H22O2S/c1-4-5-10(2)11(3)6-8-14(12,13)9-7-11/h10H,4-9H2,1-3H3. The Labute approximate surface area is 88.0 Å². The van der Waals surface area contributed by atoms with E-state index in [1.807, 2.05) is 0 Å². The Morgan fingerprint density at radius 1 is 1.29 bits per heavy atom. The highest BCUT2D eigenvalue weighted by Gasteiger charge is 2.36. The van der Waals surface area contributed by atoms with E-state index in [2.05, 4.69) is 20.8 Å². The van der Waals surface area contributed by atoms with E-state index in [1.165, 1.54) is 12.8 Å². The van der Waals surface area contributed by atoms with Gasteiger partial charge in [-0.25, -0.2) is 8.42 Å². The molecule has 0 N–H and O–H groups in total. The largest absolute Gasteiger partial charge is 0.229 e. The fourth-order valence-electron chi connectivity index (χ4n) is 2.28. The zero-order chi connectivity index (χ0) is 10.8. The topological polar surface area (TPSA) is 34.1 Å². The molecule has 0 aromatic rings. The first kappa shape index (κ1) is 12.0. The minimum Gasteiger partial charge on any atom is -0.229 e. The van der Waals surface area contributed by atoms with Crippen LogP contribution in [0.1, 0.15) is 46.5 Å². The lowest BCUT2D eigenvalue weighted by Gasteiger charge is -2.38. The quantitative estimate of drug-likeness (QED) is 0.730. The third-order valence-corrected chi connectivity index (χ3v) is 5.53. The van der Waals surface area contributed by atoms with E-state index in [4.69, 9.17) is 0 Å². The van der Waals surface area contributed by atoms with Crippen LogP contribution in [-0.4, -0.2) is 19.9 Å². The Balaban J connectivity index is 2.61. The molecule has 0 saturated carbocycles. The van der Waals surface area contributed by atoms with Crippen LogP contribution < -0.4 is 0 Å². The monoisotopic (exact) mass is 218 g/mol. The fraction of sp³-hybridized carbons (Fsp3) is 1.00. The summed E-state index contributed by atoms with van der Waals surface area (Å²) in [6.07, 6.45) is 4.13. The minimum absolute atomic E-state index is 0.265. The number of hydrogen-bond acceptors (Lipinski definition) is 2. The van der Waals surface area contributed by atoms with Crippen molar-refractivity contribution in [3.63, 3.8) is 0 Å². The molecule has 0 radical (unpaired) electrons. The van der Waals surface area contributed by atoms with Gasteiger partial charge in [0.05, 0.1) is 11.5 Å². The molecule has 1 fully saturated rings. The summed E-state index contributed by atoms with van der Waals surface area (Å²) >= 11 is 0. The molecule has 1 aliphatic rings. The SMILES string of the molecule is CCCC(C)C1(C)CCS(=O)(=O)CC1.